The highest BCUT2D eigenvalue weighted by atomic mass is 16.6. The first-order valence-electron chi connectivity index (χ1n) is 8.90. The second-order valence-electron chi connectivity index (χ2n) is 7.56. The van der Waals surface area contributed by atoms with Gasteiger partial charge in [-0.3, -0.25) is 9.59 Å². The van der Waals surface area contributed by atoms with Crippen molar-refractivity contribution >= 4 is 11.8 Å². The summed E-state index contributed by atoms with van der Waals surface area (Å²) in [5, 5.41) is 0. The van der Waals surface area contributed by atoms with Crippen LogP contribution in [0.4, 0.5) is 0 Å². The number of hydrogen-bond acceptors (Lipinski definition) is 4. The predicted octanol–water partition coefficient (Wildman–Crippen LogP) is 1.92. The van der Waals surface area contributed by atoms with Crippen molar-refractivity contribution in [2.75, 3.05) is 40.4 Å². The molecule has 0 unspecified atom stereocenters. The highest BCUT2D eigenvalue weighted by molar-refractivity contribution is 5.78. The molecule has 1 fully saturated rings. The first-order chi connectivity index (χ1) is 11.2. The highest BCUT2D eigenvalue weighted by Gasteiger charge is 2.36. The fraction of sp³-hybridized carbons (Fsp3) is 0.889. The fourth-order valence-corrected chi connectivity index (χ4v) is 2.90. The Morgan fingerprint density at radius 1 is 1.38 bits per heavy atom. The third kappa shape index (κ3) is 6.77. The summed E-state index contributed by atoms with van der Waals surface area (Å²) < 4.78 is 11.5. The number of amides is 2. The molecule has 6 nitrogen and oxygen atoms in total. The van der Waals surface area contributed by atoms with E-state index in [1.165, 1.54) is 4.90 Å². The zero-order valence-corrected chi connectivity index (χ0v) is 16.1. The summed E-state index contributed by atoms with van der Waals surface area (Å²) in [5.41, 5.74) is -0.405. The van der Waals surface area contributed by atoms with Crippen LogP contribution in [0.1, 0.15) is 47.0 Å². The van der Waals surface area contributed by atoms with Crippen LogP contribution in [-0.2, 0) is 19.1 Å². The molecule has 0 aromatic rings. The van der Waals surface area contributed by atoms with Crippen LogP contribution >= 0.6 is 0 Å². The largest absolute Gasteiger partial charge is 0.369 e. The molecular weight excluding hydrogens is 308 g/mol. The average Bonchev–Trinajstić information content (AvgIpc) is 2.50. The molecule has 0 aromatic carbocycles. The SMILES string of the molecule is CCCC[C@H](C)C(=O)N1C[C@H](COCC(=O)N(C)C)OC(C)(C)C1. The number of nitrogens with zero attached hydrogens (tertiary/aromatic N) is 2. The lowest BCUT2D eigenvalue weighted by Gasteiger charge is -2.43. The Labute approximate surface area is 146 Å². The minimum absolute atomic E-state index is 0.0359. The summed E-state index contributed by atoms with van der Waals surface area (Å²) in [6.07, 6.45) is 2.89. The van der Waals surface area contributed by atoms with Crippen LogP contribution in [0.15, 0.2) is 0 Å². The van der Waals surface area contributed by atoms with Gasteiger partial charge in [-0.1, -0.05) is 26.7 Å². The van der Waals surface area contributed by atoms with Gasteiger partial charge in [0.15, 0.2) is 0 Å². The number of hydrogen-bond donors (Lipinski definition) is 0. The molecule has 0 bridgehead atoms. The quantitative estimate of drug-likeness (QED) is 0.676. The highest BCUT2D eigenvalue weighted by Crippen LogP contribution is 2.23. The van der Waals surface area contributed by atoms with Crippen molar-refractivity contribution in [3.63, 3.8) is 0 Å². The molecule has 1 aliphatic rings. The lowest BCUT2D eigenvalue weighted by Crippen LogP contribution is -2.56. The molecule has 0 aliphatic carbocycles. The number of likely N-dealkylation sites (N-methyl/N-ethyl adjacent to an activating group) is 1. The molecule has 6 heteroatoms. The van der Waals surface area contributed by atoms with E-state index in [0.29, 0.717) is 19.7 Å². The molecule has 2 amide bonds. The van der Waals surface area contributed by atoms with Gasteiger partial charge in [0.05, 0.1) is 18.3 Å². The van der Waals surface area contributed by atoms with Gasteiger partial charge in [0.1, 0.15) is 6.61 Å². The topological polar surface area (TPSA) is 59.1 Å². The zero-order chi connectivity index (χ0) is 18.3. The molecule has 24 heavy (non-hydrogen) atoms. The summed E-state index contributed by atoms with van der Waals surface area (Å²) in [7, 11) is 3.40. The Kier molecular flexibility index (Phi) is 8.16. The van der Waals surface area contributed by atoms with E-state index in [0.717, 1.165) is 19.3 Å². The summed E-state index contributed by atoms with van der Waals surface area (Å²) in [6.45, 7) is 9.58. The molecule has 0 N–H and O–H groups in total. The molecule has 0 aromatic heterocycles. The number of unbranched alkanes of at least 4 members (excludes halogenated alkanes) is 1. The van der Waals surface area contributed by atoms with Crippen molar-refractivity contribution in [2.45, 2.75) is 58.7 Å². The number of carbonyl (C=O) groups excluding carboxylic acids is 2. The van der Waals surface area contributed by atoms with E-state index >= 15 is 0 Å². The smallest absolute Gasteiger partial charge is 0.248 e. The standard InChI is InChI=1S/C18H34N2O4/c1-7-8-9-14(2)17(22)20-10-15(24-18(3,4)13-20)11-23-12-16(21)19(5)6/h14-15H,7-13H2,1-6H3/t14-,15+/m0/s1. The van der Waals surface area contributed by atoms with E-state index in [9.17, 15) is 9.59 Å². The van der Waals surface area contributed by atoms with E-state index in [1.54, 1.807) is 14.1 Å². The van der Waals surface area contributed by atoms with E-state index < -0.39 is 5.60 Å². The van der Waals surface area contributed by atoms with Gasteiger partial charge in [-0.15, -0.1) is 0 Å². The molecule has 0 radical (unpaired) electrons. The van der Waals surface area contributed by atoms with Crippen LogP contribution in [0.3, 0.4) is 0 Å². The van der Waals surface area contributed by atoms with Gasteiger partial charge in [0.25, 0.3) is 0 Å². The van der Waals surface area contributed by atoms with Crippen LogP contribution in [0, 0.1) is 5.92 Å². The molecule has 1 rings (SSSR count). The first kappa shape index (κ1) is 20.9. The predicted molar refractivity (Wildman–Crippen MR) is 93.7 cm³/mol. The minimum atomic E-state index is -0.405. The zero-order valence-electron chi connectivity index (χ0n) is 16.1. The maximum atomic E-state index is 12.7. The Balaban J connectivity index is 2.56. The summed E-state index contributed by atoms with van der Waals surface area (Å²) in [5.74, 6) is 0.149. The lowest BCUT2D eigenvalue weighted by atomic mass is 9.99. The van der Waals surface area contributed by atoms with Crippen LogP contribution in [0.5, 0.6) is 0 Å². The fourth-order valence-electron chi connectivity index (χ4n) is 2.90. The Hall–Kier alpha value is -1.14. The third-order valence-electron chi connectivity index (χ3n) is 4.23. The van der Waals surface area contributed by atoms with Gasteiger partial charge < -0.3 is 19.3 Å². The van der Waals surface area contributed by atoms with Gasteiger partial charge in [-0.05, 0) is 20.3 Å². The van der Waals surface area contributed by atoms with E-state index in [-0.39, 0.29) is 30.4 Å². The van der Waals surface area contributed by atoms with Crippen molar-refractivity contribution in [3.8, 4) is 0 Å². The molecule has 0 spiro atoms. The van der Waals surface area contributed by atoms with Crippen LogP contribution in [0.2, 0.25) is 0 Å². The van der Waals surface area contributed by atoms with Crippen molar-refractivity contribution in [1.82, 2.24) is 9.80 Å². The molecule has 2 atom stereocenters. The van der Waals surface area contributed by atoms with Gasteiger partial charge in [0.2, 0.25) is 11.8 Å². The molecule has 1 aliphatic heterocycles. The Bertz CT molecular complexity index is 423. The van der Waals surface area contributed by atoms with Gasteiger partial charge >= 0.3 is 0 Å². The number of rotatable bonds is 8. The van der Waals surface area contributed by atoms with E-state index in [1.807, 2.05) is 25.7 Å². The van der Waals surface area contributed by atoms with Gasteiger partial charge in [-0.2, -0.15) is 0 Å². The van der Waals surface area contributed by atoms with Crippen molar-refractivity contribution in [3.05, 3.63) is 0 Å². The van der Waals surface area contributed by atoms with Gasteiger partial charge in [-0.25, -0.2) is 0 Å². The number of morpholine rings is 1. The minimum Gasteiger partial charge on any atom is -0.369 e. The van der Waals surface area contributed by atoms with Gasteiger partial charge in [0, 0.05) is 33.1 Å². The van der Waals surface area contributed by atoms with Crippen molar-refractivity contribution in [1.29, 1.82) is 0 Å². The van der Waals surface area contributed by atoms with E-state index in [2.05, 4.69) is 6.92 Å². The molecule has 140 valence electrons. The maximum Gasteiger partial charge on any atom is 0.248 e. The molecular formula is C18H34N2O4. The average molecular weight is 342 g/mol. The normalized spacial score (nSPS) is 21.4. The molecule has 1 saturated heterocycles. The van der Waals surface area contributed by atoms with Crippen molar-refractivity contribution in [2.24, 2.45) is 5.92 Å². The third-order valence-corrected chi connectivity index (χ3v) is 4.23. The summed E-state index contributed by atoms with van der Waals surface area (Å²) >= 11 is 0. The Morgan fingerprint density at radius 2 is 2.04 bits per heavy atom. The van der Waals surface area contributed by atoms with Crippen LogP contribution in [0.25, 0.3) is 0 Å². The first-order valence-corrected chi connectivity index (χ1v) is 8.90. The number of ether oxygens (including phenoxy) is 2. The van der Waals surface area contributed by atoms with Crippen LogP contribution in [-0.4, -0.2) is 73.7 Å². The molecule has 0 saturated carbocycles. The van der Waals surface area contributed by atoms with Crippen LogP contribution < -0.4 is 0 Å². The van der Waals surface area contributed by atoms with E-state index in [4.69, 9.17) is 9.47 Å². The number of carbonyl (C=O) groups is 2. The monoisotopic (exact) mass is 342 g/mol. The maximum absolute atomic E-state index is 12.7. The Morgan fingerprint density at radius 3 is 2.62 bits per heavy atom. The van der Waals surface area contributed by atoms with Crippen molar-refractivity contribution < 1.29 is 19.1 Å². The second-order valence-corrected chi connectivity index (χ2v) is 7.56. The summed E-state index contributed by atoms with van der Waals surface area (Å²) in [4.78, 5) is 27.6. The summed E-state index contributed by atoms with van der Waals surface area (Å²) in [6, 6.07) is 0. The molecule has 1 heterocycles. The lowest BCUT2D eigenvalue weighted by molar-refractivity contribution is -0.174. The second kappa shape index (κ2) is 9.37.